The number of rotatable bonds is 3. The molecule has 0 spiro atoms. The SMILES string of the molecule is Cc1cc(NC(=O)C(=O)Nc2ccc(C(N)=O)cc2)no1. The van der Waals surface area contributed by atoms with Gasteiger partial charge in [0.2, 0.25) is 5.91 Å². The number of aryl methyl sites for hydroxylation is 1. The maximum atomic E-state index is 11.7. The lowest BCUT2D eigenvalue weighted by Gasteiger charge is -2.05. The van der Waals surface area contributed by atoms with E-state index in [1.54, 1.807) is 6.92 Å². The molecule has 0 saturated heterocycles. The van der Waals surface area contributed by atoms with E-state index in [-0.39, 0.29) is 5.82 Å². The van der Waals surface area contributed by atoms with Gasteiger partial charge in [0.15, 0.2) is 5.82 Å². The molecule has 0 unspecified atom stereocenters. The highest BCUT2D eigenvalue weighted by Crippen LogP contribution is 2.10. The van der Waals surface area contributed by atoms with E-state index in [0.717, 1.165) is 0 Å². The van der Waals surface area contributed by atoms with E-state index in [1.807, 2.05) is 0 Å². The molecule has 1 aromatic heterocycles. The Hall–Kier alpha value is -3.16. The van der Waals surface area contributed by atoms with Gasteiger partial charge < -0.3 is 15.6 Å². The zero-order chi connectivity index (χ0) is 15.4. The van der Waals surface area contributed by atoms with E-state index in [0.29, 0.717) is 17.0 Å². The summed E-state index contributed by atoms with van der Waals surface area (Å²) in [4.78, 5) is 34.2. The molecular weight excluding hydrogens is 276 g/mol. The van der Waals surface area contributed by atoms with Gasteiger partial charge in [0.1, 0.15) is 5.76 Å². The van der Waals surface area contributed by atoms with E-state index in [1.165, 1.54) is 30.3 Å². The van der Waals surface area contributed by atoms with E-state index >= 15 is 0 Å². The summed E-state index contributed by atoms with van der Waals surface area (Å²) in [6.45, 7) is 1.66. The van der Waals surface area contributed by atoms with Crippen LogP contribution in [0.1, 0.15) is 16.1 Å². The van der Waals surface area contributed by atoms with Gasteiger partial charge in [-0.15, -0.1) is 0 Å². The molecule has 8 heteroatoms. The van der Waals surface area contributed by atoms with Gasteiger partial charge in [-0.1, -0.05) is 5.16 Å². The maximum absolute atomic E-state index is 11.7. The molecule has 3 amide bonds. The smallest absolute Gasteiger partial charge is 0.315 e. The van der Waals surface area contributed by atoms with Crippen molar-refractivity contribution in [3.8, 4) is 0 Å². The maximum Gasteiger partial charge on any atom is 0.315 e. The lowest BCUT2D eigenvalue weighted by atomic mass is 10.2. The minimum Gasteiger partial charge on any atom is -0.366 e. The first-order valence-corrected chi connectivity index (χ1v) is 5.91. The summed E-state index contributed by atoms with van der Waals surface area (Å²) in [6.07, 6.45) is 0. The fraction of sp³-hybridized carbons (Fsp3) is 0.0769. The molecule has 1 heterocycles. The topological polar surface area (TPSA) is 127 Å². The van der Waals surface area contributed by atoms with Crippen LogP contribution in [0.25, 0.3) is 0 Å². The Labute approximate surface area is 119 Å². The number of hydrogen-bond donors (Lipinski definition) is 3. The number of primary amides is 1. The number of carbonyl (C=O) groups excluding carboxylic acids is 3. The van der Waals surface area contributed by atoms with Crippen LogP contribution in [0.3, 0.4) is 0 Å². The van der Waals surface area contributed by atoms with Gasteiger partial charge in [0, 0.05) is 17.3 Å². The minimum atomic E-state index is -0.887. The van der Waals surface area contributed by atoms with Crippen LogP contribution < -0.4 is 16.4 Å². The zero-order valence-electron chi connectivity index (χ0n) is 11.0. The van der Waals surface area contributed by atoms with Crippen molar-refractivity contribution >= 4 is 29.2 Å². The molecule has 0 radical (unpaired) electrons. The monoisotopic (exact) mass is 288 g/mol. The highest BCUT2D eigenvalue weighted by molar-refractivity contribution is 6.43. The van der Waals surface area contributed by atoms with Crippen molar-refractivity contribution in [3.05, 3.63) is 41.7 Å². The number of carbonyl (C=O) groups is 3. The first-order chi connectivity index (χ1) is 9.95. The predicted molar refractivity (Wildman–Crippen MR) is 73.5 cm³/mol. The number of aromatic nitrogens is 1. The average Bonchev–Trinajstić information content (AvgIpc) is 2.84. The number of hydrogen-bond acceptors (Lipinski definition) is 5. The molecule has 21 heavy (non-hydrogen) atoms. The van der Waals surface area contributed by atoms with Crippen molar-refractivity contribution in [2.45, 2.75) is 6.92 Å². The van der Waals surface area contributed by atoms with Crippen LogP contribution >= 0.6 is 0 Å². The van der Waals surface area contributed by atoms with E-state index in [9.17, 15) is 14.4 Å². The number of nitrogens with two attached hydrogens (primary N) is 1. The lowest BCUT2D eigenvalue weighted by molar-refractivity contribution is -0.133. The molecule has 4 N–H and O–H groups in total. The molecule has 0 aliphatic carbocycles. The number of amides is 3. The molecule has 0 atom stereocenters. The highest BCUT2D eigenvalue weighted by Gasteiger charge is 2.15. The Morgan fingerprint density at radius 2 is 1.71 bits per heavy atom. The van der Waals surface area contributed by atoms with Crippen LogP contribution in [0, 0.1) is 6.92 Å². The van der Waals surface area contributed by atoms with Gasteiger partial charge in [0.25, 0.3) is 0 Å². The Morgan fingerprint density at radius 3 is 2.24 bits per heavy atom. The third kappa shape index (κ3) is 3.66. The van der Waals surface area contributed by atoms with Gasteiger partial charge in [-0.2, -0.15) is 0 Å². The number of nitrogens with zero attached hydrogens (tertiary/aromatic N) is 1. The highest BCUT2D eigenvalue weighted by atomic mass is 16.5. The molecule has 0 bridgehead atoms. The second-order valence-electron chi connectivity index (χ2n) is 4.17. The van der Waals surface area contributed by atoms with Crippen LogP contribution in [0.4, 0.5) is 11.5 Å². The lowest BCUT2D eigenvalue weighted by Crippen LogP contribution is -2.29. The summed E-state index contributed by atoms with van der Waals surface area (Å²) in [5.41, 5.74) is 5.75. The standard InChI is InChI=1S/C13H12N4O4/c1-7-6-10(17-21-7)16-13(20)12(19)15-9-4-2-8(3-5-9)11(14)18/h2-6H,1H3,(H2,14,18)(H,15,19)(H,16,17,20). The van der Waals surface area contributed by atoms with Gasteiger partial charge >= 0.3 is 11.8 Å². The fourth-order valence-corrected chi connectivity index (χ4v) is 1.50. The Balaban J connectivity index is 1.97. The quantitative estimate of drug-likeness (QED) is 0.715. The number of nitrogens with one attached hydrogen (secondary N) is 2. The molecule has 108 valence electrons. The minimum absolute atomic E-state index is 0.150. The van der Waals surface area contributed by atoms with Crippen molar-refractivity contribution in [2.75, 3.05) is 10.6 Å². The van der Waals surface area contributed by atoms with Crippen molar-refractivity contribution in [1.82, 2.24) is 5.16 Å². The predicted octanol–water partition coefficient (Wildman–Crippen LogP) is 0.659. The van der Waals surface area contributed by atoms with Crippen molar-refractivity contribution in [3.63, 3.8) is 0 Å². The van der Waals surface area contributed by atoms with Crippen molar-refractivity contribution in [2.24, 2.45) is 5.73 Å². The van der Waals surface area contributed by atoms with E-state index in [2.05, 4.69) is 15.8 Å². The molecule has 2 aromatic rings. The summed E-state index contributed by atoms with van der Waals surface area (Å²) >= 11 is 0. The summed E-state index contributed by atoms with van der Waals surface area (Å²) in [6, 6.07) is 7.29. The van der Waals surface area contributed by atoms with E-state index < -0.39 is 17.7 Å². The number of anilines is 2. The van der Waals surface area contributed by atoms with E-state index in [4.69, 9.17) is 10.3 Å². The van der Waals surface area contributed by atoms with Crippen LogP contribution in [-0.4, -0.2) is 22.9 Å². The molecule has 0 aliphatic rings. The summed E-state index contributed by atoms with van der Waals surface area (Å²) in [5.74, 6) is -1.68. The summed E-state index contributed by atoms with van der Waals surface area (Å²) in [5, 5.41) is 8.19. The molecule has 8 nitrogen and oxygen atoms in total. The van der Waals surface area contributed by atoms with Crippen LogP contribution in [0.15, 0.2) is 34.9 Å². The van der Waals surface area contributed by atoms with Gasteiger partial charge in [-0.05, 0) is 31.2 Å². The van der Waals surface area contributed by atoms with Crippen LogP contribution in [0.2, 0.25) is 0 Å². The second kappa shape index (κ2) is 5.87. The Morgan fingerprint density at radius 1 is 1.10 bits per heavy atom. The third-order valence-electron chi connectivity index (χ3n) is 2.50. The molecule has 0 saturated carbocycles. The summed E-state index contributed by atoms with van der Waals surface area (Å²) < 4.78 is 4.76. The zero-order valence-corrected chi connectivity index (χ0v) is 11.0. The average molecular weight is 288 g/mol. The third-order valence-corrected chi connectivity index (χ3v) is 2.50. The van der Waals surface area contributed by atoms with Gasteiger partial charge in [-0.3, -0.25) is 19.7 Å². The summed E-state index contributed by atoms with van der Waals surface area (Å²) in [7, 11) is 0. The van der Waals surface area contributed by atoms with Crippen LogP contribution in [-0.2, 0) is 9.59 Å². The Bertz CT molecular complexity index is 690. The second-order valence-corrected chi connectivity index (χ2v) is 4.17. The molecule has 0 aliphatic heterocycles. The van der Waals surface area contributed by atoms with Crippen LogP contribution in [0.5, 0.6) is 0 Å². The Kier molecular flexibility index (Phi) is 3.98. The molecule has 1 aromatic carbocycles. The first kappa shape index (κ1) is 14.3. The molecule has 2 rings (SSSR count). The first-order valence-electron chi connectivity index (χ1n) is 5.91. The normalized spacial score (nSPS) is 9.95. The number of benzene rings is 1. The van der Waals surface area contributed by atoms with Crippen molar-refractivity contribution < 1.29 is 18.9 Å². The molecule has 0 fully saturated rings. The van der Waals surface area contributed by atoms with Gasteiger partial charge in [-0.25, -0.2) is 0 Å². The van der Waals surface area contributed by atoms with Crippen molar-refractivity contribution in [1.29, 1.82) is 0 Å². The largest absolute Gasteiger partial charge is 0.366 e. The molecular formula is C13H12N4O4. The van der Waals surface area contributed by atoms with Gasteiger partial charge in [0.05, 0.1) is 0 Å². The fourth-order valence-electron chi connectivity index (χ4n) is 1.50.